The highest BCUT2D eigenvalue weighted by atomic mass is 32.1. The maximum absolute atomic E-state index is 12.3. The lowest BCUT2D eigenvalue weighted by Gasteiger charge is -2.26. The van der Waals surface area contributed by atoms with Gasteiger partial charge in [0.25, 0.3) is 5.91 Å². The number of hydrogen-bond donors (Lipinski definition) is 1. The van der Waals surface area contributed by atoms with Crippen LogP contribution in [0.3, 0.4) is 0 Å². The Hall–Kier alpha value is -1.36. The summed E-state index contributed by atoms with van der Waals surface area (Å²) in [6.45, 7) is 3.34. The smallest absolute Gasteiger partial charge is 0.261 e. The number of nitrogens with zero attached hydrogens (tertiary/aromatic N) is 1. The van der Waals surface area contributed by atoms with Gasteiger partial charge in [-0.2, -0.15) is 0 Å². The maximum Gasteiger partial charge on any atom is 0.261 e. The molecule has 1 N–H and O–H groups in total. The summed E-state index contributed by atoms with van der Waals surface area (Å²) in [6.07, 6.45) is 6.09. The predicted molar refractivity (Wildman–Crippen MR) is 83.5 cm³/mol. The van der Waals surface area contributed by atoms with E-state index in [0.717, 1.165) is 36.2 Å². The van der Waals surface area contributed by atoms with E-state index in [4.69, 9.17) is 0 Å². The molecule has 5 heteroatoms. The molecule has 21 heavy (non-hydrogen) atoms. The highest BCUT2D eigenvalue weighted by molar-refractivity contribution is 7.14. The van der Waals surface area contributed by atoms with Crippen molar-refractivity contribution < 1.29 is 9.59 Å². The Labute approximate surface area is 129 Å². The molecular formula is C16H22N2O2S. The summed E-state index contributed by atoms with van der Waals surface area (Å²) in [5.74, 6) is 0.262. The summed E-state index contributed by atoms with van der Waals surface area (Å²) >= 11 is 1.60. The highest BCUT2D eigenvalue weighted by Gasteiger charge is 2.25. The fourth-order valence-corrected chi connectivity index (χ4v) is 4.27. The van der Waals surface area contributed by atoms with Crippen LogP contribution in [-0.4, -0.2) is 29.3 Å². The van der Waals surface area contributed by atoms with Crippen LogP contribution in [-0.2, 0) is 17.8 Å². The summed E-state index contributed by atoms with van der Waals surface area (Å²) in [6, 6.07) is 2.34. The number of rotatable bonds is 3. The average Bonchev–Trinajstić information content (AvgIpc) is 3.14. The lowest BCUT2D eigenvalue weighted by molar-refractivity contribution is -0.131. The summed E-state index contributed by atoms with van der Waals surface area (Å²) in [5, 5.41) is 3.14. The van der Waals surface area contributed by atoms with Gasteiger partial charge in [-0.3, -0.25) is 9.59 Å². The molecule has 0 radical (unpaired) electrons. The summed E-state index contributed by atoms with van der Waals surface area (Å²) in [5.41, 5.74) is 1.16. The molecule has 0 spiro atoms. The molecule has 3 rings (SSSR count). The SMILES string of the molecule is CCC(=O)N1CCc2sc(C(=O)NC3CCCC3)cc2C1. The van der Waals surface area contributed by atoms with Gasteiger partial charge in [0, 0.05) is 30.4 Å². The molecule has 1 aliphatic carbocycles. The van der Waals surface area contributed by atoms with Crippen molar-refractivity contribution in [2.45, 2.75) is 58.0 Å². The molecule has 1 saturated carbocycles. The fraction of sp³-hybridized carbons (Fsp3) is 0.625. The minimum Gasteiger partial charge on any atom is -0.349 e. The minimum absolute atomic E-state index is 0.0645. The quantitative estimate of drug-likeness (QED) is 0.933. The Morgan fingerprint density at radius 1 is 1.38 bits per heavy atom. The second kappa shape index (κ2) is 6.18. The fourth-order valence-electron chi connectivity index (χ4n) is 3.21. The van der Waals surface area contributed by atoms with Crippen molar-refractivity contribution in [3.8, 4) is 0 Å². The zero-order valence-corrected chi connectivity index (χ0v) is 13.3. The van der Waals surface area contributed by atoms with Crippen molar-refractivity contribution in [1.29, 1.82) is 0 Å². The van der Waals surface area contributed by atoms with Crippen LogP contribution in [0.2, 0.25) is 0 Å². The van der Waals surface area contributed by atoms with E-state index < -0.39 is 0 Å². The van der Waals surface area contributed by atoms with Gasteiger partial charge in [0.1, 0.15) is 0 Å². The van der Waals surface area contributed by atoms with Gasteiger partial charge >= 0.3 is 0 Å². The van der Waals surface area contributed by atoms with Crippen molar-refractivity contribution >= 4 is 23.2 Å². The average molecular weight is 306 g/mol. The molecule has 0 bridgehead atoms. The molecule has 114 valence electrons. The zero-order valence-electron chi connectivity index (χ0n) is 12.5. The number of nitrogens with one attached hydrogen (secondary N) is 1. The van der Waals surface area contributed by atoms with Gasteiger partial charge in [-0.1, -0.05) is 19.8 Å². The van der Waals surface area contributed by atoms with Gasteiger partial charge in [-0.15, -0.1) is 11.3 Å². The first kappa shape index (κ1) is 14.6. The summed E-state index contributed by atoms with van der Waals surface area (Å²) in [4.78, 5) is 28.1. The van der Waals surface area contributed by atoms with E-state index in [2.05, 4.69) is 5.32 Å². The van der Waals surface area contributed by atoms with E-state index in [9.17, 15) is 9.59 Å². The molecule has 2 amide bonds. The Bertz CT molecular complexity index is 546. The van der Waals surface area contributed by atoms with Crippen molar-refractivity contribution in [2.24, 2.45) is 0 Å². The molecule has 2 heterocycles. The van der Waals surface area contributed by atoms with Gasteiger partial charge in [0.15, 0.2) is 0 Å². The topological polar surface area (TPSA) is 49.4 Å². The Kier molecular flexibility index (Phi) is 4.29. The lowest BCUT2D eigenvalue weighted by Crippen LogP contribution is -2.34. The Balaban J connectivity index is 1.68. The number of carbonyl (C=O) groups is 2. The van der Waals surface area contributed by atoms with Crippen LogP contribution in [0, 0.1) is 0 Å². The van der Waals surface area contributed by atoms with Crippen LogP contribution in [0.1, 0.15) is 59.1 Å². The van der Waals surface area contributed by atoms with Gasteiger partial charge in [-0.05, 0) is 30.9 Å². The van der Waals surface area contributed by atoms with E-state index in [1.165, 1.54) is 17.7 Å². The lowest BCUT2D eigenvalue weighted by atomic mass is 10.1. The van der Waals surface area contributed by atoms with E-state index >= 15 is 0 Å². The number of amides is 2. The Morgan fingerprint density at radius 2 is 2.14 bits per heavy atom. The van der Waals surface area contributed by atoms with Gasteiger partial charge in [-0.25, -0.2) is 0 Å². The number of carbonyl (C=O) groups excluding carboxylic acids is 2. The highest BCUT2D eigenvalue weighted by Crippen LogP contribution is 2.29. The second-order valence-electron chi connectivity index (χ2n) is 5.93. The largest absolute Gasteiger partial charge is 0.349 e. The summed E-state index contributed by atoms with van der Waals surface area (Å²) < 4.78 is 0. The van der Waals surface area contributed by atoms with Crippen molar-refractivity contribution in [1.82, 2.24) is 10.2 Å². The van der Waals surface area contributed by atoms with Crippen LogP contribution in [0.15, 0.2) is 6.07 Å². The van der Waals surface area contributed by atoms with Crippen LogP contribution < -0.4 is 5.32 Å². The first-order valence-electron chi connectivity index (χ1n) is 7.87. The van der Waals surface area contributed by atoms with Crippen molar-refractivity contribution in [2.75, 3.05) is 6.54 Å². The van der Waals surface area contributed by atoms with Gasteiger partial charge in [0.2, 0.25) is 5.91 Å². The van der Waals surface area contributed by atoms with Crippen LogP contribution >= 0.6 is 11.3 Å². The van der Waals surface area contributed by atoms with Crippen LogP contribution in [0.25, 0.3) is 0 Å². The van der Waals surface area contributed by atoms with Crippen LogP contribution in [0.5, 0.6) is 0 Å². The number of fused-ring (bicyclic) bond motifs is 1. The Morgan fingerprint density at radius 3 is 2.86 bits per heavy atom. The van der Waals surface area contributed by atoms with Crippen molar-refractivity contribution in [3.63, 3.8) is 0 Å². The third kappa shape index (κ3) is 3.12. The first-order valence-corrected chi connectivity index (χ1v) is 8.69. The van der Waals surface area contributed by atoms with Crippen LogP contribution in [0.4, 0.5) is 0 Å². The third-order valence-corrected chi connectivity index (χ3v) is 5.67. The van der Waals surface area contributed by atoms with E-state index in [0.29, 0.717) is 19.0 Å². The van der Waals surface area contributed by atoms with E-state index in [1.807, 2.05) is 17.9 Å². The number of hydrogen-bond acceptors (Lipinski definition) is 3. The molecular weight excluding hydrogens is 284 g/mol. The minimum atomic E-state index is 0.0645. The zero-order chi connectivity index (χ0) is 14.8. The molecule has 0 aromatic carbocycles. The first-order chi connectivity index (χ1) is 10.2. The molecule has 4 nitrogen and oxygen atoms in total. The predicted octanol–water partition coefficient (Wildman–Crippen LogP) is 2.72. The summed E-state index contributed by atoms with van der Waals surface area (Å²) in [7, 11) is 0. The maximum atomic E-state index is 12.3. The molecule has 1 aromatic heterocycles. The molecule has 1 aromatic rings. The van der Waals surface area contributed by atoms with Gasteiger partial charge < -0.3 is 10.2 Å². The molecule has 2 aliphatic rings. The molecule has 1 fully saturated rings. The molecule has 1 aliphatic heterocycles. The normalized spacial score (nSPS) is 18.6. The molecule has 0 atom stereocenters. The van der Waals surface area contributed by atoms with E-state index in [-0.39, 0.29) is 11.8 Å². The molecule has 0 saturated heterocycles. The molecule has 0 unspecified atom stereocenters. The second-order valence-corrected chi connectivity index (χ2v) is 7.07. The van der Waals surface area contributed by atoms with E-state index in [1.54, 1.807) is 11.3 Å². The monoisotopic (exact) mass is 306 g/mol. The standard InChI is InChI=1S/C16H22N2O2S/c1-2-15(19)18-8-7-13-11(10-18)9-14(21-13)16(20)17-12-5-3-4-6-12/h9,12H,2-8,10H2,1H3,(H,17,20). The number of thiophene rings is 1. The van der Waals surface area contributed by atoms with Crippen molar-refractivity contribution in [3.05, 3.63) is 21.4 Å². The third-order valence-electron chi connectivity index (χ3n) is 4.44. The van der Waals surface area contributed by atoms with Gasteiger partial charge in [0.05, 0.1) is 4.88 Å².